The standard InChI is InChI=1S/C36H68O3P/c1-33(2)25-17-10-7-13-22-30-37-40(39-36-28-20-16-21-29-36,32-24-15-9-12-19-27-35(5)6)38-31-23-14-8-11-18-26-34(3)4/h16,20-21,28-29,33-35H,7-15,17-19,22-27,30-32H2,1-6H3/q+1. The van der Waals surface area contributed by atoms with Crippen LogP contribution in [0.25, 0.3) is 0 Å². The van der Waals surface area contributed by atoms with E-state index in [2.05, 4.69) is 53.7 Å². The van der Waals surface area contributed by atoms with Crippen molar-refractivity contribution in [3.63, 3.8) is 0 Å². The topological polar surface area (TPSA) is 27.7 Å². The molecule has 0 aromatic heterocycles. The molecule has 234 valence electrons. The highest BCUT2D eigenvalue weighted by atomic mass is 31.2. The van der Waals surface area contributed by atoms with Gasteiger partial charge in [-0.1, -0.05) is 150 Å². The summed E-state index contributed by atoms with van der Waals surface area (Å²) >= 11 is 0. The Morgan fingerprint density at radius 2 is 0.850 bits per heavy atom. The van der Waals surface area contributed by atoms with Crippen LogP contribution in [0.1, 0.15) is 157 Å². The summed E-state index contributed by atoms with van der Waals surface area (Å²) in [4.78, 5) is 0. The smallest absolute Gasteiger partial charge is 0.287 e. The minimum Gasteiger partial charge on any atom is -0.287 e. The fourth-order valence-electron chi connectivity index (χ4n) is 5.07. The summed E-state index contributed by atoms with van der Waals surface area (Å²) < 4.78 is 20.0. The van der Waals surface area contributed by atoms with Gasteiger partial charge in [-0.25, -0.2) is 0 Å². The highest BCUT2D eigenvalue weighted by Gasteiger charge is 2.46. The summed E-state index contributed by atoms with van der Waals surface area (Å²) in [6.07, 6.45) is 23.9. The summed E-state index contributed by atoms with van der Waals surface area (Å²) in [5.41, 5.74) is 0. The molecule has 0 aliphatic rings. The average molecular weight is 580 g/mol. The first-order valence-electron chi connectivity index (χ1n) is 17.2. The van der Waals surface area contributed by atoms with Gasteiger partial charge in [0.05, 0.1) is 13.2 Å². The lowest BCUT2D eigenvalue weighted by Gasteiger charge is -2.23. The molecular formula is C36H68O3P+. The predicted molar refractivity (Wildman–Crippen MR) is 178 cm³/mol. The molecule has 0 aliphatic carbocycles. The molecule has 1 aromatic rings. The Kier molecular flexibility index (Phi) is 23.3. The zero-order valence-electron chi connectivity index (χ0n) is 27.6. The fourth-order valence-corrected chi connectivity index (χ4v) is 7.47. The number of benzene rings is 1. The van der Waals surface area contributed by atoms with Crippen LogP contribution in [-0.2, 0) is 9.05 Å². The van der Waals surface area contributed by atoms with Crippen LogP contribution < -0.4 is 4.52 Å². The summed E-state index contributed by atoms with van der Waals surface area (Å²) in [6.45, 7) is 15.4. The highest BCUT2D eigenvalue weighted by molar-refractivity contribution is 7.62. The van der Waals surface area contributed by atoms with Gasteiger partial charge in [-0.3, -0.25) is 4.52 Å². The Balaban J connectivity index is 2.65. The molecule has 0 spiro atoms. The van der Waals surface area contributed by atoms with E-state index in [1.807, 2.05) is 18.2 Å². The number of hydrogen-bond acceptors (Lipinski definition) is 3. The van der Waals surface area contributed by atoms with Gasteiger partial charge in [-0.05, 0) is 55.6 Å². The third-order valence-electron chi connectivity index (χ3n) is 7.63. The zero-order valence-corrected chi connectivity index (χ0v) is 28.5. The minimum atomic E-state index is -2.44. The maximum atomic E-state index is 6.68. The molecule has 0 amide bonds. The van der Waals surface area contributed by atoms with Crippen LogP contribution in [0.5, 0.6) is 5.75 Å². The zero-order chi connectivity index (χ0) is 29.3. The van der Waals surface area contributed by atoms with E-state index < -0.39 is 7.94 Å². The van der Waals surface area contributed by atoms with Crippen molar-refractivity contribution in [2.45, 2.75) is 157 Å². The molecule has 0 heterocycles. The van der Waals surface area contributed by atoms with Gasteiger partial charge in [0.1, 0.15) is 6.16 Å². The van der Waals surface area contributed by atoms with E-state index in [1.165, 1.54) is 96.3 Å². The van der Waals surface area contributed by atoms with Crippen LogP contribution >= 0.6 is 7.94 Å². The summed E-state index contributed by atoms with van der Waals surface area (Å²) in [5, 5.41) is 0. The maximum Gasteiger partial charge on any atom is 0.456 e. The molecule has 0 unspecified atom stereocenters. The Morgan fingerprint density at radius 1 is 0.475 bits per heavy atom. The van der Waals surface area contributed by atoms with Crippen LogP contribution in [0.3, 0.4) is 0 Å². The summed E-state index contributed by atoms with van der Waals surface area (Å²) in [6, 6.07) is 10.2. The SMILES string of the molecule is CC(C)CCCCCCCO[P+](CCCCCCCC(C)C)(OCCCCCCCC(C)C)Oc1ccccc1. The Hall–Kier alpha value is -0.630. The molecule has 0 aliphatic heterocycles. The van der Waals surface area contributed by atoms with Gasteiger partial charge < -0.3 is 0 Å². The predicted octanol–water partition coefficient (Wildman–Crippen LogP) is 12.9. The Labute approximate surface area is 251 Å². The van der Waals surface area contributed by atoms with E-state index in [0.29, 0.717) is 0 Å². The van der Waals surface area contributed by atoms with Crippen LogP contribution in [0.4, 0.5) is 0 Å². The van der Waals surface area contributed by atoms with Crippen LogP contribution in [0.2, 0.25) is 0 Å². The van der Waals surface area contributed by atoms with Gasteiger partial charge >= 0.3 is 7.94 Å². The van der Waals surface area contributed by atoms with E-state index >= 15 is 0 Å². The van der Waals surface area contributed by atoms with Gasteiger partial charge in [0.2, 0.25) is 0 Å². The number of unbranched alkanes of at least 4 members (excludes halogenated alkanes) is 12. The lowest BCUT2D eigenvalue weighted by molar-refractivity contribution is 0.174. The van der Waals surface area contributed by atoms with Crippen molar-refractivity contribution in [3.8, 4) is 5.75 Å². The molecule has 3 nitrogen and oxygen atoms in total. The van der Waals surface area contributed by atoms with Crippen LogP contribution in [-0.4, -0.2) is 19.4 Å². The molecule has 0 saturated carbocycles. The second-order valence-electron chi connectivity index (χ2n) is 13.3. The summed E-state index contributed by atoms with van der Waals surface area (Å²) in [5.74, 6) is 3.33. The lowest BCUT2D eigenvalue weighted by atomic mass is 10.0. The second-order valence-corrected chi connectivity index (χ2v) is 15.6. The normalized spacial score (nSPS) is 12.2. The molecule has 0 N–H and O–H groups in total. The monoisotopic (exact) mass is 579 g/mol. The first-order valence-corrected chi connectivity index (χ1v) is 19.0. The third-order valence-corrected chi connectivity index (χ3v) is 10.1. The van der Waals surface area contributed by atoms with Gasteiger partial charge in [0.15, 0.2) is 5.75 Å². The van der Waals surface area contributed by atoms with Gasteiger partial charge in [-0.2, -0.15) is 9.05 Å². The molecule has 1 rings (SSSR count). The van der Waals surface area contributed by atoms with Crippen molar-refractivity contribution in [2.75, 3.05) is 19.4 Å². The largest absolute Gasteiger partial charge is 0.456 e. The van der Waals surface area contributed by atoms with E-state index in [-0.39, 0.29) is 0 Å². The molecule has 40 heavy (non-hydrogen) atoms. The number of rotatable bonds is 28. The highest BCUT2D eigenvalue weighted by Crippen LogP contribution is 2.62. The van der Waals surface area contributed by atoms with Crippen molar-refractivity contribution in [1.82, 2.24) is 0 Å². The van der Waals surface area contributed by atoms with Crippen molar-refractivity contribution < 1.29 is 13.6 Å². The first kappa shape index (κ1) is 37.4. The van der Waals surface area contributed by atoms with Crippen molar-refractivity contribution in [3.05, 3.63) is 30.3 Å². The lowest BCUT2D eigenvalue weighted by Crippen LogP contribution is -2.15. The molecular weight excluding hydrogens is 511 g/mol. The first-order chi connectivity index (χ1) is 19.3. The molecule has 0 radical (unpaired) electrons. The quantitative estimate of drug-likeness (QED) is 0.0730. The van der Waals surface area contributed by atoms with E-state index in [0.717, 1.165) is 62.1 Å². The number of para-hydroxylation sites is 1. The minimum absolute atomic E-state index is 0.744. The fraction of sp³-hybridized carbons (Fsp3) is 0.833. The molecule has 4 heteroatoms. The van der Waals surface area contributed by atoms with E-state index in [9.17, 15) is 0 Å². The van der Waals surface area contributed by atoms with Crippen molar-refractivity contribution >= 4 is 7.94 Å². The van der Waals surface area contributed by atoms with Crippen molar-refractivity contribution in [2.24, 2.45) is 17.8 Å². The molecule has 0 fully saturated rings. The van der Waals surface area contributed by atoms with E-state index in [4.69, 9.17) is 13.6 Å². The summed E-state index contributed by atoms with van der Waals surface area (Å²) in [7, 11) is -2.44. The Morgan fingerprint density at radius 3 is 1.27 bits per heavy atom. The molecule has 0 saturated heterocycles. The van der Waals surface area contributed by atoms with Crippen molar-refractivity contribution in [1.29, 1.82) is 0 Å². The molecule has 0 atom stereocenters. The van der Waals surface area contributed by atoms with Crippen LogP contribution in [0, 0.1) is 17.8 Å². The average Bonchev–Trinajstić information content (AvgIpc) is 2.91. The van der Waals surface area contributed by atoms with Gasteiger partial charge in [-0.15, -0.1) is 0 Å². The Bertz CT molecular complexity index is 637. The number of hydrogen-bond donors (Lipinski definition) is 0. The maximum absolute atomic E-state index is 6.68. The second kappa shape index (κ2) is 24.9. The molecule has 0 bridgehead atoms. The van der Waals surface area contributed by atoms with Gasteiger partial charge in [0, 0.05) is 0 Å². The van der Waals surface area contributed by atoms with E-state index in [1.54, 1.807) is 0 Å². The van der Waals surface area contributed by atoms with Crippen LogP contribution in [0.15, 0.2) is 30.3 Å². The molecule has 1 aromatic carbocycles. The third kappa shape index (κ3) is 22.0. The van der Waals surface area contributed by atoms with Gasteiger partial charge in [0.25, 0.3) is 0 Å².